The molecule has 0 saturated carbocycles. The number of amides is 1. The zero-order valence-corrected chi connectivity index (χ0v) is 13.9. The normalized spacial score (nSPS) is 21.5. The fraction of sp³-hybridized carbons (Fsp3) is 0.0588. The molecule has 1 amide bonds. The van der Waals surface area contributed by atoms with Gasteiger partial charge in [-0.25, -0.2) is 0 Å². The molecule has 3 rings (SSSR count). The number of hydrogen-bond donors (Lipinski definition) is 1. The molecular formula is C17H13N2O5S+. The van der Waals surface area contributed by atoms with E-state index < -0.39 is 36.7 Å². The van der Waals surface area contributed by atoms with Crippen LogP contribution in [0.15, 0.2) is 70.0 Å². The number of benzene rings is 1. The van der Waals surface area contributed by atoms with Crippen LogP contribution >= 0.6 is 0 Å². The van der Waals surface area contributed by atoms with Crippen molar-refractivity contribution in [2.24, 2.45) is 0 Å². The summed E-state index contributed by atoms with van der Waals surface area (Å²) in [6.45, 7) is 0. The number of quaternary nitrogens is 1. The van der Waals surface area contributed by atoms with Crippen molar-refractivity contribution in [1.29, 1.82) is 0 Å². The molecule has 2 aromatic rings. The third-order valence-corrected chi connectivity index (χ3v) is 6.44. The number of hydrogen-bond acceptors (Lipinski definition) is 5. The van der Waals surface area contributed by atoms with Crippen LogP contribution in [0.4, 0.5) is 5.69 Å². The van der Waals surface area contributed by atoms with Crippen molar-refractivity contribution in [1.82, 2.24) is 9.62 Å². The van der Waals surface area contributed by atoms with Gasteiger partial charge in [-0.2, -0.15) is 8.42 Å². The van der Waals surface area contributed by atoms with Gasteiger partial charge in [0.05, 0.1) is 7.05 Å². The van der Waals surface area contributed by atoms with Gasteiger partial charge in [-0.15, -0.1) is 3.89 Å². The number of nitrogens with zero attached hydrogens (tertiary/aromatic N) is 2. The van der Waals surface area contributed by atoms with Crippen molar-refractivity contribution in [2.75, 3.05) is 7.05 Å². The standard InChI is InChI=1S/C17H12N2O5S/c1-19(12-8-3-2-4-9-13(12)20)15(17(18)22)16(21)11-7-5-6-10-14(11)25(19,23)24/h2-10H,1H3/p+1. The highest BCUT2D eigenvalue weighted by atomic mass is 32.2. The smallest absolute Gasteiger partial charge is 0.355 e. The SMILES string of the molecule is C[N+]1(c2cccccc2=O)C(C([N])=O)=C(O)c2ccccc2S1(=O)=O. The first-order valence-electron chi connectivity index (χ1n) is 7.21. The van der Waals surface area contributed by atoms with E-state index in [4.69, 9.17) is 0 Å². The summed E-state index contributed by atoms with van der Waals surface area (Å²) in [4.78, 5) is 24.0. The van der Waals surface area contributed by atoms with E-state index in [0.717, 1.165) is 13.1 Å². The number of aliphatic hydroxyl groups excluding tert-OH is 1. The van der Waals surface area contributed by atoms with Gasteiger partial charge in [0.15, 0.2) is 5.76 Å². The lowest BCUT2D eigenvalue weighted by Crippen LogP contribution is -2.55. The molecule has 1 aliphatic rings. The zero-order valence-electron chi connectivity index (χ0n) is 13.1. The average Bonchev–Trinajstić information content (AvgIpc) is 2.78. The highest BCUT2D eigenvalue weighted by Crippen LogP contribution is 2.42. The fourth-order valence-corrected chi connectivity index (χ4v) is 4.84. The van der Waals surface area contributed by atoms with Crippen LogP contribution in [-0.4, -0.2) is 26.5 Å². The zero-order chi connectivity index (χ0) is 18.4. The van der Waals surface area contributed by atoms with Gasteiger partial charge in [-0.1, -0.05) is 36.1 Å². The van der Waals surface area contributed by atoms with E-state index in [1.807, 2.05) is 0 Å². The predicted octanol–water partition coefficient (Wildman–Crippen LogP) is 1.21. The monoisotopic (exact) mass is 357 g/mol. The third-order valence-electron chi connectivity index (χ3n) is 4.19. The number of rotatable bonds is 2. The van der Waals surface area contributed by atoms with E-state index in [0.29, 0.717) is 0 Å². The first-order valence-corrected chi connectivity index (χ1v) is 8.65. The number of sulfonamides is 1. The third kappa shape index (κ3) is 2.19. The molecule has 0 bridgehead atoms. The van der Waals surface area contributed by atoms with Crippen LogP contribution in [0.3, 0.4) is 0 Å². The van der Waals surface area contributed by atoms with Gasteiger partial charge in [0.1, 0.15) is 4.90 Å². The molecule has 1 atom stereocenters. The molecule has 1 aliphatic heterocycles. The molecule has 8 heteroatoms. The summed E-state index contributed by atoms with van der Waals surface area (Å²) < 4.78 is 25.2. The van der Waals surface area contributed by atoms with Crippen molar-refractivity contribution in [3.63, 3.8) is 0 Å². The van der Waals surface area contributed by atoms with Crippen molar-refractivity contribution < 1.29 is 18.3 Å². The van der Waals surface area contributed by atoms with Gasteiger partial charge in [0.2, 0.25) is 11.1 Å². The average molecular weight is 357 g/mol. The maximum atomic E-state index is 13.3. The number of carbonyl (C=O) groups excluding carboxylic acids is 1. The molecule has 0 spiro atoms. The highest BCUT2D eigenvalue weighted by Gasteiger charge is 2.55. The summed E-state index contributed by atoms with van der Waals surface area (Å²) in [7, 11) is -3.31. The van der Waals surface area contributed by atoms with Crippen LogP contribution in [0.5, 0.6) is 0 Å². The summed E-state index contributed by atoms with van der Waals surface area (Å²) in [5, 5.41) is 10.5. The van der Waals surface area contributed by atoms with E-state index in [1.54, 1.807) is 0 Å². The second-order valence-corrected chi connectivity index (χ2v) is 7.68. The highest BCUT2D eigenvalue weighted by molar-refractivity contribution is 7.91. The Morgan fingerprint density at radius 1 is 1.04 bits per heavy atom. The minimum atomic E-state index is -4.38. The molecule has 1 unspecified atom stereocenters. The van der Waals surface area contributed by atoms with E-state index in [9.17, 15) is 28.8 Å². The minimum Gasteiger partial charge on any atom is -0.502 e. The first-order chi connectivity index (χ1) is 11.7. The van der Waals surface area contributed by atoms with Crippen molar-refractivity contribution in [3.8, 4) is 0 Å². The molecule has 25 heavy (non-hydrogen) atoms. The molecular weight excluding hydrogens is 344 g/mol. The Bertz CT molecular complexity index is 1090. The Kier molecular flexibility index (Phi) is 3.74. The van der Waals surface area contributed by atoms with Gasteiger partial charge in [0, 0.05) is 11.6 Å². The molecule has 0 aliphatic carbocycles. The van der Waals surface area contributed by atoms with Crippen molar-refractivity contribution >= 4 is 27.4 Å². The second kappa shape index (κ2) is 5.54. The summed E-state index contributed by atoms with van der Waals surface area (Å²) in [6, 6.07) is 12.3. The summed E-state index contributed by atoms with van der Waals surface area (Å²) in [6.07, 6.45) is 0. The Labute approximate surface area is 143 Å². The van der Waals surface area contributed by atoms with Crippen LogP contribution in [0.1, 0.15) is 5.56 Å². The van der Waals surface area contributed by atoms with E-state index in [2.05, 4.69) is 0 Å². The molecule has 1 heterocycles. The number of carbonyl (C=O) groups is 1. The lowest BCUT2D eigenvalue weighted by Gasteiger charge is -2.34. The molecule has 7 nitrogen and oxygen atoms in total. The molecule has 1 N–H and O–H groups in total. The van der Waals surface area contributed by atoms with Crippen LogP contribution < -0.4 is 15.1 Å². The predicted molar refractivity (Wildman–Crippen MR) is 90.7 cm³/mol. The van der Waals surface area contributed by atoms with Gasteiger partial charge in [0.25, 0.3) is 5.70 Å². The molecule has 2 radical (unpaired) electrons. The number of fused-ring (bicyclic) bond motifs is 1. The lowest BCUT2D eigenvalue weighted by atomic mass is 10.1. The Morgan fingerprint density at radius 2 is 1.64 bits per heavy atom. The van der Waals surface area contributed by atoms with Crippen molar-refractivity contribution in [2.45, 2.75) is 4.90 Å². The number of aliphatic hydroxyl groups is 1. The van der Waals surface area contributed by atoms with Gasteiger partial charge < -0.3 is 5.11 Å². The fourth-order valence-electron chi connectivity index (χ4n) is 2.94. The quantitative estimate of drug-likeness (QED) is 0.812. The van der Waals surface area contributed by atoms with Crippen molar-refractivity contribution in [3.05, 3.63) is 76.1 Å². The summed E-state index contributed by atoms with van der Waals surface area (Å²) >= 11 is 0. The molecule has 2 aromatic carbocycles. The van der Waals surface area contributed by atoms with E-state index in [-0.39, 0.29) is 16.1 Å². The van der Waals surface area contributed by atoms with Crippen LogP contribution in [-0.2, 0) is 14.8 Å². The molecule has 126 valence electrons. The van der Waals surface area contributed by atoms with Crippen LogP contribution in [0.25, 0.3) is 5.76 Å². The molecule has 0 fully saturated rings. The lowest BCUT2D eigenvalue weighted by molar-refractivity contribution is -0.116. The topological polar surface area (TPSA) is 111 Å². The maximum absolute atomic E-state index is 13.3. The summed E-state index contributed by atoms with van der Waals surface area (Å²) in [5.74, 6) is -2.32. The minimum absolute atomic E-state index is 0.108. The Hall–Kier alpha value is -2.97. The Balaban J connectivity index is 2.56. The van der Waals surface area contributed by atoms with Gasteiger partial charge in [-0.3, -0.25) is 9.59 Å². The largest absolute Gasteiger partial charge is 0.502 e. The molecule has 0 aromatic heterocycles. The van der Waals surface area contributed by atoms with E-state index >= 15 is 0 Å². The molecule has 0 saturated heterocycles. The van der Waals surface area contributed by atoms with Gasteiger partial charge >= 0.3 is 15.9 Å². The number of likely N-dealkylation sites (N-methyl/N-ethyl adjacent to an activating group) is 1. The van der Waals surface area contributed by atoms with Crippen LogP contribution in [0.2, 0.25) is 0 Å². The first kappa shape index (κ1) is 16.9. The maximum Gasteiger partial charge on any atom is 0.355 e. The van der Waals surface area contributed by atoms with E-state index in [1.165, 1.54) is 48.5 Å². The van der Waals surface area contributed by atoms with Gasteiger partial charge in [-0.05, 0) is 18.2 Å². The van der Waals surface area contributed by atoms with Crippen LogP contribution in [0, 0.1) is 0 Å². The second-order valence-electron chi connectivity index (χ2n) is 5.56. The summed E-state index contributed by atoms with van der Waals surface area (Å²) in [5.41, 5.74) is 7.74. The Morgan fingerprint density at radius 3 is 2.32 bits per heavy atom.